The summed E-state index contributed by atoms with van der Waals surface area (Å²) in [4.78, 5) is 0. The fourth-order valence-corrected chi connectivity index (χ4v) is 0.683. The van der Waals surface area contributed by atoms with Crippen LogP contribution < -0.4 is 5.73 Å². The van der Waals surface area contributed by atoms with Crippen LogP contribution in [0.3, 0.4) is 0 Å². The Morgan fingerprint density at radius 1 is 1.80 bits per heavy atom. The molecule has 0 aliphatic heterocycles. The highest BCUT2D eigenvalue weighted by Gasteiger charge is 1.89. The maximum Gasteiger partial charge on any atom is 0.145 e. The minimum absolute atomic E-state index is 0.538. The zero-order valence-electron chi connectivity index (χ0n) is 5.96. The summed E-state index contributed by atoms with van der Waals surface area (Å²) >= 11 is 0. The smallest absolute Gasteiger partial charge is 0.145 e. The fourth-order valence-electron chi connectivity index (χ4n) is 0.683. The van der Waals surface area contributed by atoms with Crippen LogP contribution in [0.15, 0.2) is 12.1 Å². The number of anilines is 1. The number of allylic oxidation sites excluding steroid dienone is 1. The Kier molecular flexibility index (Phi) is 2.10. The lowest BCUT2D eigenvalue weighted by molar-refractivity contribution is 1.08. The van der Waals surface area contributed by atoms with Gasteiger partial charge in [0.1, 0.15) is 5.82 Å². The van der Waals surface area contributed by atoms with Gasteiger partial charge in [-0.3, -0.25) is 5.10 Å². The van der Waals surface area contributed by atoms with Crippen LogP contribution in [-0.4, -0.2) is 10.2 Å². The monoisotopic (exact) mass is 137 g/mol. The summed E-state index contributed by atoms with van der Waals surface area (Å²) in [5.41, 5.74) is 6.33. The highest BCUT2D eigenvalue weighted by Crippen LogP contribution is 2.02. The van der Waals surface area contributed by atoms with Crippen molar-refractivity contribution >= 4 is 11.9 Å². The molecule has 10 heavy (non-hydrogen) atoms. The molecule has 1 rings (SSSR count). The molecule has 1 aromatic rings. The van der Waals surface area contributed by atoms with Gasteiger partial charge in [0, 0.05) is 6.07 Å². The molecule has 0 fully saturated rings. The van der Waals surface area contributed by atoms with Crippen LogP contribution in [0.2, 0.25) is 0 Å². The Labute approximate surface area is 59.9 Å². The minimum atomic E-state index is 0.538. The van der Waals surface area contributed by atoms with Crippen molar-refractivity contribution in [1.82, 2.24) is 10.2 Å². The second kappa shape index (κ2) is 3.06. The molecule has 3 nitrogen and oxygen atoms in total. The summed E-state index contributed by atoms with van der Waals surface area (Å²) in [6.45, 7) is 2.08. The van der Waals surface area contributed by atoms with Crippen LogP contribution in [0, 0.1) is 0 Å². The van der Waals surface area contributed by atoms with Crippen LogP contribution in [0.25, 0.3) is 6.08 Å². The van der Waals surface area contributed by atoms with Gasteiger partial charge in [-0.1, -0.05) is 13.0 Å². The first-order valence-electron chi connectivity index (χ1n) is 3.30. The van der Waals surface area contributed by atoms with Crippen molar-refractivity contribution in [3.63, 3.8) is 0 Å². The van der Waals surface area contributed by atoms with Gasteiger partial charge in [0.05, 0.1) is 5.69 Å². The van der Waals surface area contributed by atoms with Crippen molar-refractivity contribution in [2.75, 3.05) is 5.73 Å². The van der Waals surface area contributed by atoms with E-state index in [1.165, 1.54) is 0 Å². The maximum absolute atomic E-state index is 5.37. The summed E-state index contributed by atoms with van der Waals surface area (Å²) in [6.07, 6.45) is 5.04. The second-order valence-corrected chi connectivity index (χ2v) is 2.06. The first kappa shape index (κ1) is 6.86. The van der Waals surface area contributed by atoms with Gasteiger partial charge >= 0.3 is 0 Å². The van der Waals surface area contributed by atoms with Gasteiger partial charge in [0.2, 0.25) is 0 Å². The lowest BCUT2D eigenvalue weighted by Gasteiger charge is -1.79. The summed E-state index contributed by atoms with van der Waals surface area (Å²) in [7, 11) is 0. The average Bonchev–Trinajstić information content (AvgIpc) is 2.31. The van der Waals surface area contributed by atoms with Crippen molar-refractivity contribution < 1.29 is 0 Å². The summed E-state index contributed by atoms with van der Waals surface area (Å²) in [5, 5.41) is 6.55. The number of hydrogen-bond acceptors (Lipinski definition) is 2. The van der Waals surface area contributed by atoms with Crippen LogP contribution in [-0.2, 0) is 0 Å². The molecule has 1 heterocycles. The largest absolute Gasteiger partial charge is 0.382 e. The predicted octanol–water partition coefficient (Wildman–Crippen LogP) is 1.42. The van der Waals surface area contributed by atoms with E-state index in [0.29, 0.717) is 5.82 Å². The summed E-state index contributed by atoms with van der Waals surface area (Å²) in [5.74, 6) is 0.538. The zero-order valence-corrected chi connectivity index (χ0v) is 5.96. The average molecular weight is 137 g/mol. The Morgan fingerprint density at radius 2 is 2.60 bits per heavy atom. The first-order chi connectivity index (χ1) is 4.83. The van der Waals surface area contributed by atoms with Crippen LogP contribution in [0.4, 0.5) is 5.82 Å². The summed E-state index contributed by atoms with van der Waals surface area (Å²) in [6, 6.07) is 1.80. The van der Waals surface area contributed by atoms with Gasteiger partial charge in [0.25, 0.3) is 0 Å². The molecular weight excluding hydrogens is 126 g/mol. The molecule has 0 unspecified atom stereocenters. The minimum Gasteiger partial charge on any atom is -0.382 e. The van der Waals surface area contributed by atoms with E-state index in [0.717, 1.165) is 12.1 Å². The zero-order chi connectivity index (χ0) is 7.40. The number of nitrogen functional groups attached to an aromatic ring is 1. The molecule has 0 amide bonds. The van der Waals surface area contributed by atoms with Crippen molar-refractivity contribution in [3.05, 3.63) is 17.8 Å². The molecule has 0 saturated heterocycles. The number of nitrogens with one attached hydrogen (secondary N) is 1. The number of H-pyrrole nitrogens is 1. The van der Waals surface area contributed by atoms with Gasteiger partial charge in [-0.2, -0.15) is 5.10 Å². The summed E-state index contributed by atoms with van der Waals surface area (Å²) < 4.78 is 0. The molecule has 0 radical (unpaired) electrons. The Bertz CT molecular complexity index is 225. The molecule has 0 aromatic carbocycles. The van der Waals surface area contributed by atoms with E-state index in [1.807, 2.05) is 12.2 Å². The SMILES string of the molecule is CC/C=C/c1cc(N)n[nH]1. The molecule has 0 saturated carbocycles. The van der Waals surface area contributed by atoms with Crippen LogP contribution >= 0.6 is 0 Å². The van der Waals surface area contributed by atoms with E-state index >= 15 is 0 Å². The third kappa shape index (κ3) is 1.62. The molecule has 0 bridgehead atoms. The Morgan fingerprint density at radius 3 is 3.10 bits per heavy atom. The third-order valence-electron chi connectivity index (χ3n) is 1.15. The molecule has 3 N–H and O–H groups in total. The molecule has 0 spiro atoms. The van der Waals surface area contributed by atoms with Gasteiger partial charge < -0.3 is 5.73 Å². The Balaban J connectivity index is 2.67. The second-order valence-electron chi connectivity index (χ2n) is 2.06. The van der Waals surface area contributed by atoms with Crippen molar-refractivity contribution in [3.8, 4) is 0 Å². The number of aromatic amines is 1. The van der Waals surface area contributed by atoms with Gasteiger partial charge in [-0.05, 0) is 12.5 Å². The van der Waals surface area contributed by atoms with E-state index < -0.39 is 0 Å². The Hall–Kier alpha value is -1.25. The van der Waals surface area contributed by atoms with E-state index in [9.17, 15) is 0 Å². The lowest BCUT2D eigenvalue weighted by Crippen LogP contribution is -1.81. The predicted molar refractivity (Wildman–Crippen MR) is 42.3 cm³/mol. The standard InChI is InChI=1S/C7H11N3/c1-2-3-4-6-5-7(8)10-9-6/h3-5H,2H2,1H3,(H3,8,9,10)/b4-3+. The van der Waals surface area contributed by atoms with Gasteiger partial charge in [-0.25, -0.2) is 0 Å². The number of rotatable bonds is 2. The lowest BCUT2D eigenvalue weighted by atomic mass is 10.3. The first-order valence-corrected chi connectivity index (χ1v) is 3.30. The van der Waals surface area contributed by atoms with E-state index in [1.54, 1.807) is 6.07 Å². The number of nitrogens with zero attached hydrogens (tertiary/aromatic N) is 1. The number of nitrogens with two attached hydrogens (primary N) is 1. The highest BCUT2D eigenvalue weighted by atomic mass is 15.1. The van der Waals surface area contributed by atoms with Crippen molar-refractivity contribution in [1.29, 1.82) is 0 Å². The molecule has 0 aliphatic carbocycles. The maximum atomic E-state index is 5.37. The van der Waals surface area contributed by atoms with Crippen LogP contribution in [0.5, 0.6) is 0 Å². The molecule has 0 atom stereocenters. The third-order valence-corrected chi connectivity index (χ3v) is 1.15. The topological polar surface area (TPSA) is 54.7 Å². The number of aromatic nitrogens is 2. The van der Waals surface area contributed by atoms with Crippen LogP contribution in [0.1, 0.15) is 19.0 Å². The highest BCUT2D eigenvalue weighted by molar-refractivity contribution is 5.48. The molecule has 1 aromatic heterocycles. The van der Waals surface area contributed by atoms with E-state index in [-0.39, 0.29) is 0 Å². The van der Waals surface area contributed by atoms with Gasteiger partial charge in [-0.15, -0.1) is 0 Å². The normalized spacial score (nSPS) is 10.9. The van der Waals surface area contributed by atoms with Crippen molar-refractivity contribution in [2.45, 2.75) is 13.3 Å². The quantitative estimate of drug-likeness (QED) is 0.647. The van der Waals surface area contributed by atoms with Crippen molar-refractivity contribution in [2.24, 2.45) is 0 Å². The molecule has 3 heteroatoms. The van der Waals surface area contributed by atoms with E-state index in [2.05, 4.69) is 17.1 Å². The molecule has 0 aliphatic rings. The fraction of sp³-hybridized carbons (Fsp3) is 0.286. The van der Waals surface area contributed by atoms with Gasteiger partial charge in [0.15, 0.2) is 0 Å². The number of hydrogen-bond donors (Lipinski definition) is 2. The molecular formula is C7H11N3. The molecule has 54 valence electrons. The van der Waals surface area contributed by atoms with E-state index in [4.69, 9.17) is 5.73 Å².